The van der Waals surface area contributed by atoms with Crippen molar-refractivity contribution < 1.29 is 4.74 Å². The normalized spacial score (nSPS) is 13.2. The highest BCUT2D eigenvalue weighted by Crippen LogP contribution is 2.10. The first-order chi connectivity index (χ1) is 5.84. The quantitative estimate of drug-likeness (QED) is 0.682. The summed E-state index contributed by atoms with van der Waals surface area (Å²) in [7, 11) is 0. The molecule has 1 aromatic heterocycles. The third kappa shape index (κ3) is 2.62. The van der Waals surface area contributed by atoms with Gasteiger partial charge < -0.3 is 4.74 Å². The number of rotatable bonds is 5. The summed E-state index contributed by atoms with van der Waals surface area (Å²) in [6.45, 7) is 4.90. The molecule has 4 heteroatoms. The van der Waals surface area contributed by atoms with Crippen LogP contribution in [-0.2, 0) is 4.74 Å². The van der Waals surface area contributed by atoms with Crippen LogP contribution in [0.25, 0.3) is 0 Å². The fourth-order valence-corrected chi connectivity index (χ4v) is 0.894. The van der Waals surface area contributed by atoms with Crippen molar-refractivity contribution in [2.24, 2.45) is 0 Å². The van der Waals surface area contributed by atoms with E-state index in [1.807, 2.05) is 6.92 Å². The predicted octanol–water partition coefficient (Wildman–Crippen LogP) is 1.68. The summed E-state index contributed by atoms with van der Waals surface area (Å²) in [5.41, 5.74) is 0. The lowest BCUT2D eigenvalue weighted by molar-refractivity contribution is 0.0580. The Morgan fingerprint density at radius 3 is 3.08 bits per heavy atom. The van der Waals surface area contributed by atoms with Gasteiger partial charge in [-0.15, -0.1) is 0 Å². The Balaban J connectivity index is 2.25. The number of aromatic amines is 1. The molecule has 0 aromatic carbocycles. The molecule has 68 valence electrons. The van der Waals surface area contributed by atoms with Crippen LogP contribution in [0.2, 0.25) is 0 Å². The number of ether oxygens (including phenoxy) is 1. The third-order valence-corrected chi connectivity index (χ3v) is 1.68. The molecule has 0 bridgehead atoms. The van der Waals surface area contributed by atoms with Crippen molar-refractivity contribution in [3.05, 3.63) is 12.2 Å². The van der Waals surface area contributed by atoms with E-state index in [1.54, 1.807) is 0 Å². The largest absolute Gasteiger partial charge is 0.371 e. The summed E-state index contributed by atoms with van der Waals surface area (Å²) in [5, 5.41) is 6.53. The van der Waals surface area contributed by atoms with Gasteiger partial charge in [-0.2, -0.15) is 5.10 Å². The molecule has 0 saturated heterocycles. The van der Waals surface area contributed by atoms with E-state index in [9.17, 15) is 0 Å². The molecular weight excluding hydrogens is 154 g/mol. The Hall–Kier alpha value is -0.900. The van der Waals surface area contributed by atoms with Gasteiger partial charge >= 0.3 is 0 Å². The van der Waals surface area contributed by atoms with E-state index in [4.69, 9.17) is 4.74 Å². The summed E-state index contributed by atoms with van der Waals surface area (Å²) in [6, 6.07) is 0. The van der Waals surface area contributed by atoms with Crippen molar-refractivity contribution in [3.63, 3.8) is 0 Å². The van der Waals surface area contributed by atoms with E-state index in [2.05, 4.69) is 22.1 Å². The molecule has 0 aliphatic carbocycles. The first-order valence-electron chi connectivity index (χ1n) is 4.31. The van der Waals surface area contributed by atoms with Crippen LogP contribution in [0.5, 0.6) is 0 Å². The van der Waals surface area contributed by atoms with Gasteiger partial charge in [-0.05, 0) is 13.3 Å². The van der Waals surface area contributed by atoms with Crippen molar-refractivity contribution in [2.75, 3.05) is 6.61 Å². The number of hydrogen-bond donors (Lipinski definition) is 1. The van der Waals surface area contributed by atoms with Crippen molar-refractivity contribution in [1.82, 2.24) is 15.2 Å². The Morgan fingerprint density at radius 1 is 1.67 bits per heavy atom. The zero-order valence-electron chi connectivity index (χ0n) is 7.58. The summed E-state index contributed by atoms with van der Waals surface area (Å²) >= 11 is 0. The van der Waals surface area contributed by atoms with Crippen LogP contribution >= 0.6 is 0 Å². The lowest BCUT2D eigenvalue weighted by Gasteiger charge is -2.08. The Morgan fingerprint density at radius 2 is 2.50 bits per heavy atom. The number of H-pyrrole nitrogens is 1. The fraction of sp³-hybridized carbons (Fsp3) is 0.750. The molecule has 4 nitrogen and oxygen atoms in total. The molecule has 1 aromatic rings. The van der Waals surface area contributed by atoms with Crippen molar-refractivity contribution >= 4 is 0 Å². The van der Waals surface area contributed by atoms with Crippen molar-refractivity contribution in [2.45, 2.75) is 32.8 Å². The second-order valence-electron chi connectivity index (χ2n) is 2.74. The summed E-state index contributed by atoms with van der Waals surface area (Å²) in [6.07, 6.45) is 3.77. The number of nitrogens with one attached hydrogen (secondary N) is 1. The highest BCUT2D eigenvalue weighted by atomic mass is 16.5. The van der Waals surface area contributed by atoms with Gasteiger partial charge in [-0.25, -0.2) is 4.98 Å². The van der Waals surface area contributed by atoms with Crippen molar-refractivity contribution in [3.8, 4) is 0 Å². The first kappa shape index (κ1) is 9.19. The van der Waals surface area contributed by atoms with Crippen LogP contribution < -0.4 is 0 Å². The molecule has 1 unspecified atom stereocenters. The maximum absolute atomic E-state index is 5.49. The van der Waals surface area contributed by atoms with Gasteiger partial charge in [0.2, 0.25) is 0 Å². The van der Waals surface area contributed by atoms with Gasteiger partial charge in [-0.3, -0.25) is 5.10 Å². The highest BCUT2D eigenvalue weighted by Gasteiger charge is 2.06. The average Bonchev–Trinajstić information content (AvgIpc) is 2.56. The van der Waals surface area contributed by atoms with Gasteiger partial charge in [0.15, 0.2) is 5.82 Å². The summed E-state index contributed by atoms with van der Waals surface area (Å²) in [4.78, 5) is 4.00. The molecule has 0 fully saturated rings. The average molecular weight is 169 g/mol. The van der Waals surface area contributed by atoms with E-state index in [0.717, 1.165) is 25.3 Å². The molecule has 0 aliphatic rings. The standard InChI is InChI=1S/C8H15N3O/c1-3-4-5-12-7(2)8-9-6-10-11-8/h6-7H,3-5H2,1-2H3,(H,9,10,11). The number of unbranched alkanes of at least 4 members (excludes halogenated alkanes) is 1. The zero-order valence-corrected chi connectivity index (χ0v) is 7.58. The van der Waals surface area contributed by atoms with Crippen LogP contribution in [0.4, 0.5) is 0 Å². The zero-order chi connectivity index (χ0) is 8.81. The lowest BCUT2D eigenvalue weighted by atomic mass is 10.3. The molecule has 12 heavy (non-hydrogen) atoms. The van der Waals surface area contributed by atoms with Gasteiger partial charge in [0, 0.05) is 6.61 Å². The monoisotopic (exact) mass is 169 g/mol. The lowest BCUT2D eigenvalue weighted by Crippen LogP contribution is -2.03. The van der Waals surface area contributed by atoms with Crippen molar-refractivity contribution in [1.29, 1.82) is 0 Å². The maximum atomic E-state index is 5.49. The Kier molecular flexibility index (Phi) is 3.73. The van der Waals surface area contributed by atoms with E-state index >= 15 is 0 Å². The van der Waals surface area contributed by atoms with E-state index < -0.39 is 0 Å². The minimum Gasteiger partial charge on any atom is -0.371 e. The van der Waals surface area contributed by atoms with Gasteiger partial charge in [-0.1, -0.05) is 13.3 Å². The highest BCUT2D eigenvalue weighted by molar-refractivity contribution is 4.84. The molecule has 1 atom stereocenters. The minimum absolute atomic E-state index is 0.0269. The molecule has 0 spiro atoms. The number of aromatic nitrogens is 3. The van der Waals surface area contributed by atoms with Gasteiger partial charge in [0.05, 0.1) is 0 Å². The fourth-order valence-electron chi connectivity index (χ4n) is 0.894. The van der Waals surface area contributed by atoms with E-state index in [-0.39, 0.29) is 6.10 Å². The van der Waals surface area contributed by atoms with Gasteiger partial charge in [0.25, 0.3) is 0 Å². The Labute approximate surface area is 72.4 Å². The molecule has 0 amide bonds. The summed E-state index contributed by atoms with van der Waals surface area (Å²) in [5.74, 6) is 0.797. The smallest absolute Gasteiger partial charge is 0.153 e. The third-order valence-electron chi connectivity index (χ3n) is 1.68. The van der Waals surface area contributed by atoms with Crippen LogP contribution in [0.15, 0.2) is 6.33 Å². The molecule has 0 radical (unpaired) electrons. The molecule has 1 heterocycles. The SMILES string of the molecule is CCCCOC(C)c1ncn[nH]1. The molecule has 0 aliphatic heterocycles. The van der Waals surface area contributed by atoms with Crippen LogP contribution in [0.3, 0.4) is 0 Å². The van der Waals surface area contributed by atoms with Gasteiger partial charge in [0.1, 0.15) is 12.4 Å². The predicted molar refractivity (Wildman–Crippen MR) is 45.7 cm³/mol. The van der Waals surface area contributed by atoms with Crippen LogP contribution in [0, 0.1) is 0 Å². The van der Waals surface area contributed by atoms with Crippen LogP contribution in [0.1, 0.15) is 38.6 Å². The van der Waals surface area contributed by atoms with E-state index in [1.165, 1.54) is 6.33 Å². The number of nitrogens with zero attached hydrogens (tertiary/aromatic N) is 2. The topological polar surface area (TPSA) is 50.8 Å². The molecule has 1 rings (SSSR count). The summed E-state index contributed by atoms with van der Waals surface area (Å²) < 4.78 is 5.49. The Bertz CT molecular complexity index is 198. The molecule has 1 N–H and O–H groups in total. The molecular formula is C8H15N3O. The van der Waals surface area contributed by atoms with E-state index in [0.29, 0.717) is 0 Å². The number of hydrogen-bond acceptors (Lipinski definition) is 3. The second-order valence-corrected chi connectivity index (χ2v) is 2.74. The first-order valence-corrected chi connectivity index (χ1v) is 4.31. The molecule has 0 saturated carbocycles. The minimum atomic E-state index is 0.0269. The van der Waals surface area contributed by atoms with Crippen LogP contribution in [-0.4, -0.2) is 21.8 Å². The second kappa shape index (κ2) is 4.87. The maximum Gasteiger partial charge on any atom is 0.153 e.